The van der Waals surface area contributed by atoms with Crippen molar-refractivity contribution in [2.24, 2.45) is 15.4 Å². The summed E-state index contributed by atoms with van der Waals surface area (Å²) in [5.41, 5.74) is 1.07. The van der Waals surface area contributed by atoms with E-state index in [1.165, 1.54) is 17.3 Å². The lowest BCUT2D eigenvalue weighted by molar-refractivity contribution is -0.0432. The van der Waals surface area contributed by atoms with E-state index in [2.05, 4.69) is 30.1 Å². The van der Waals surface area contributed by atoms with Crippen molar-refractivity contribution in [2.45, 2.75) is 38.5 Å². The molecule has 0 amide bonds. The van der Waals surface area contributed by atoms with Crippen LogP contribution < -0.4 is 4.90 Å². The first kappa shape index (κ1) is 17.7. The van der Waals surface area contributed by atoms with Crippen molar-refractivity contribution < 1.29 is 13.7 Å². The fraction of sp³-hybridized carbons (Fsp3) is 0.450. The predicted octanol–water partition coefficient (Wildman–Crippen LogP) is 2.18. The highest BCUT2D eigenvalue weighted by Gasteiger charge is 2.52. The van der Waals surface area contributed by atoms with Crippen molar-refractivity contribution in [3.05, 3.63) is 30.1 Å². The van der Waals surface area contributed by atoms with Gasteiger partial charge in [-0.3, -0.25) is 9.98 Å². The minimum absolute atomic E-state index is 0.0350. The minimum atomic E-state index is -0.463. The van der Waals surface area contributed by atoms with Crippen LogP contribution in [-0.2, 0) is 11.2 Å². The van der Waals surface area contributed by atoms with Gasteiger partial charge >= 0.3 is 0 Å². The number of nitrogens with zero attached hydrogens (tertiary/aromatic N) is 7. The van der Waals surface area contributed by atoms with Crippen molar-refractivity contribution in [2.75, 3.05) is 18.1 Å². The van der Waals surface area contributed by atoms with Crippen LogP contribution in [0.4, 0.5) is 10.1 Å². The van der Waals surface area contributed by atoms with Gasteiger partial charge in [-0.15, -0.1) is 0 Å². The highest BCUT2D eigenvalue weighted by atomic mass is 19.1. The normalized spacial score (nSPS) is 26.9. The Labute approximate surface area is 171 Å². The number of anilines is 1. The Morgan fingerprint density at radius 1 is 1.23 bits per heavy atom. The molecule has 3 aliphatic rings. The second-order valence-corrected chi connectivity index (χ2v) is 8.22. The van der Waals surface area contributed by atoms with Gasteiger partial charge in [0, 0.05) is 19.0 Å². The van der Waals surface area contributed by atoms with Gasteiger partial charge in [-0.05, 0) is 31.9 Å². The zero-order valence-electron chi connectivity index (χ0n) is 16.6. The molecule has 0 unspecified atom stereocenters. The summed E-state index contributed by atoms with van der Waals surface area (Å²) in [7, 11) is 0. The maximum absolute atomic E-state index is 15.9. The molecule has 9 nitrogen and oxygen atoms in total. The zero-order valence-corrected chi connectivity index (χ0v) is 16.6. The maximum atomic E-state index is 15.9. The standard InChI is InChI=1S/C20H20FN7O2/c1-11-5-27-16-13(4-20(6-22-8-23-7-20)18(27)12(2)29-11)3-14-17(15(16)21)30-26-19(14)28-10-24-9-25-28/h3,6-7,9-12,18H,4-5,8H2,1-2H3/t11-,12+,18-/m0/s1. The molecule has 1 aromatic carbocycles. The fourth-order valence-corrected chi connectivity index (χ4v) is 5.26. The lowest BCUT2D eigenvalue weighted by Crippen LogP contribution is -2.65. The Balaban J connectivity index is 1.60. The Morgan fingerprint density at radius 2 is 2.07 bits per heavy atom. The number of rotatable bonds is 1. The first-order valence-electron chi connectivity index (χ1n) is 9.97. The third kappa shape index (κ3) is 2.33. The fourth-order valence-electron chi connectivity index (χ4n) is 5.26. The number of aromatic nitrogens is 4. The maximum Gasteiger partial charge on any atom is 0.206 e. The zero-order chi connectivity index (χ0) is 20.5. The summed E-state index contributed by atoms with van der Waals surface area (Å²) in [6.45, 7) is 5.02. The molecule has 5 heterocycles. The summed E-state index contributed by atoms with van der Waals surface area (Å²) in [4.78, 5) is 15.0. The Hall–Kier alpha value is -3.14. The van der Waals surface area contributed by atoms with Crippen LogP contribution >= 0.6 is 0 Å². The molecule has 0 bridgehead atoms. The van der Waals surface area contributed by atoms with Gasteiger partial charge in [-0.25, -0.2) is 9.37 Å². The molecule has 6 rings (SSSR count). The van der Waals surface area contributed by atoms with Crippen molar-refractivity contribution in [3.8, 4) is 5.82 Å². The van der Waals surface area contributed by atoms with Crippen LogP contribution in [0.5, 0.6) is 0 Å². The van der Waals surface area contributed by atoms with Gasteiger partial charge in [0.05, 0.1) is 34.7 Å². The predicted molar refractivity (Wildman–Crippen MR) is 108 cm³/mol. The lowest BCUT2D eigenvalue weighted by Gasteiger charge is -2.54. The Kier molecular flexibility index (Phi) is 3.64. The smallest absolute Gasteiger partial charge is 0.206 e. The molecule has 3 aliphatic heterocycles. The summed E-state index contributed by atoms with van der Waals surface area (Å²) in [5, 5.41) is 8.73. The van der Waals surface area contributed by atoms with E-state index in [4.69, 9.17) is 9.26 Å². The highest BCUT2D eigenvalue weighted by Crippen LogP contribution is 2.47. The van der Waals surface area contributed by atoms with Crippen molar-refractivity contribution in [3.63, 3.8) is 0 Å². The number of ether oxygens (including phenoxy) is 1. The topological polar surface area (TPSA) is 93.9 Å². The van der Waals surface area contributed by atoms with Gasteiger partial charge in [-0.2, -0.15) is 9.78 Å². The molecular formula is C20H20FN7O2. The molecule has 10 heteroatoms. The van der Waals surface area contributed by atoms with Crippen LogP contribution in [-0.4, -0.2) is 63.8 Å². The van der Waals surface area contributed by atoms with Gasteiger partial charge in [0.1, 0.15) is 19.3 Å². The largest absolute Gasteiger partial charge is 0.372 e. The monoisotopic (exact) mass is 409 g/mol. The van der Waals surface area contributed by atoms with E-state index in [0.29, 0.717) is 36.5 Å². The summed E-state index contributed by atoms with van der Waals surface area (Å²) < 4.78 is 28.9. The summed E-state index contributed by atoms with van der Waals surface area (Å²) in [6, 6.07) is 1.83. The Bertz CT molecular complexity index is 1170. The van der Waals surface area contributed by atoms with Gasteiger partial charge < -0.3 is 14.2 Å². The van der Waals surface area contributed by atoms with E-state index in [1.54, 1.807) is 0 Å². The van der Waals surface area contributed by atoms with Crippen molar-refractivity contribution >= 4 is 29.1 Å². The second kappa shape index (κ2) is 6.18. The van der Waals surface area contributed by atoms with Gasteiger partial charge in [-0.1, -0.05) is 5.16 Å². The quantitative estimate of drug-likeness (QED) is 0.612. The molecule has 0 saturated carbocycles. The van der Waals surface area contributed by atoms with Crippen molar-refractivity contribution in [1.29, 1.82) is 0 Å². The molecule has 30 heavy (non-hydrogen) atoms. The van der Waals surface area contributed by atoms with E-state index >= 15 is 4.39 Å². The van der Waals surface area contributed by atoms with Crippen LogP contribution in [0.25, 0.3) is 16.8 Å². The number of aliphatic imine (C=N–C) groups is 2. The van der Waals surface area contributed by atoms with Crippen LogP contribution in [0.1, 0.15) is 19.4 Å². The van der Waals surface area contributed by atoms with Crippen LogP contribution in [0.15, 0.2) is 33.2 Å². The van der Waals surface area contributed by atoms with Crippen LogP contribution in [0, 0.1) is 11.2 Å². The molecule has 3 aromatic rings. The number of halogens is 1. The number of benzene rings is 1. The summed E-state index contributed by atoms with van der Waals surface area (Å²) in [5.74, 6) is 0.00210. The molecule has 0 N–H and O–H groups in total. The van der Waals surface area contributed by atoms with Crippen molar-refractivity contribution in [1.82, 2.24) is 19.9 Å². The summed E-state index contributed by atoms with van der Waals surface area (Å²) in [6.07, 6.45) is 7.25. The first-order valence-corrected chi connectivity index (χ1v) is 9.97. The molecule has 1 spiro atoms. The van der Waals surface area contributed by atoms with Gasteiger partial charge in [0.15, 0.2) is 5.82 Å². The molecule has 2 aromatic heterocycles. The number of fused-ring (bicyclic) bond motifs is 5. The van der Waals surface area contributed by atoms with Gasteiger partial charge in [0.25, 0.3) is 0 Å². The molecule has 1 saturated heterocycles. The average Bonchev–Trinajstić information content (AvgIpc) is 3.37. The number of hydrogen-bond acceptors (Lipinski definition) is 8. The lowest BCUT2D eigenvalue weighted by atomic mass is 9.69. The second-order valence-electron chi connectivity index (χ2n) is 8.22. The number of morpholine rings is 1. The molecule has 0 aliphatic carbocycles. The van der Waals surface area contributed by atoms with Gasteiger partial charge in [0.2, 0.25) is 11.4 Å². The summed E-state index contributed by atoms with van der Waals surface area (Å²) >= 11 is 0. The third-order valence-electron chi connectivity index (χ3n) is 6.22. The minimum Gasteiger partial charge on any atom is -0.372 e. The number of hydrogen-bond donors (Lipinski definition) is 0. The first-order chi connectivity index (χ1) is 14.6. The Morgan fingerprint density at radius 3 is 2.83 bits per heavy atom. The van der Waals surface area contributed by atoms with E-state index in [9.17, 15) is 0 Å². The molecule has 154 valence electrons. The van der Waals surface area contributed by atoms with E-state index < -0.39 is 11.2 Å². The molecular weight excluding hydrogens is 389 g/mol. The van der Waals surface area contributed by atoms with E-state index in [1.807, 2.05) is 32.3 Å². The molecule has 3 atom stereocenters. The average molecular weight is 409 g/mol. The van der Waals surface area contributed by atoms with Crippen LogP contribution in [0.2, 0.25) is 0 Å². The third-order valence-corrected chi connectivity index (χ3v) is 6.22. The SMILES string of the molecule is C[C@H]1CN2c3c(cc4c(-n5cncn5)noc4c3F)CC3(C=NCN=C3)[C@@H]2[C@@H](C)O1. The van der Waals surface area contributed by atoms with E-state index in [0.717, 1.165) is 5.56 Å². The molecule has 1 fully saturated rings. The molecule has 0 radical (unpaired) electrons. The van der Waals surface area contributed by atoms with Crippen LogP contribution in [0.3, 0.4) is 0 Å². The highest BCUT2D eigenvalue weighted by molar-refractivity contribution is 5.96. The van der Waals surface area contributed by atoms with E-state index in [-0.39, 0.29) is 23.8 Å².